The van der Waals surface area contributed by atoms with Crippen LogP contribution in [-0.2, 0) is 14.8 Å². The maximum Gasteiger partial charge on any atom is 0.322 e. The van der Waals surface area contributed by atoms with Gasteiger partial charge in [-0.05, 0) is 18.1 Å². The van der Waals surface area contributed by atoms with Gasteiger partial charge < -0.3 is 5.11 Å². The van der Waals surface area contributed by atoms with E-state index in [4.69, 9.17) is 10.4 Å². The standard InChI is InChI=1S/C11H14N2O4S2/c1-3-7(2)10(11(14)15)13-19(16,17)9-5-4-8(6-12)18-9/h4-5,7,10,13H,3H2,1-2H3,(H,14,15)/t7?,10-/m0/s1. The highest BCUT2D eigenvalue weighted by Crippen LogP contribution is 2.22. The monoisotopic (exact) mass is 302 g/mol. The minimum absolute atomic E-state index is 0.0568. The maximum atomic E-state index is 12.0. The van der Waals surface area contributed by atoms with Crippen LogP contribution in [-0.4, -0.2) is 25.5 Å². The number of carbonyl (C=O) groups is 1. The van der Waals surface area contributed by atoms with E-state index in [2.05, 4.69) is 4.72 Å². The Morgan fingerprint density at radius 3 is 2.63 bits per heavy atom. The molecule has 2 N–H and O–H groups in total. The van der Waals surface area contributed by atoms with E-state index in [0.717, 1.165) is 11.3 Å². The SMILES string of the molecule is CCC(C)[C@H](NS(=O)(=O)c1ccc(C#N)s1)C(=O)O. The van der Waals surface area contributed by atoms with Gasteiger partial charge in [-0.3, -0.25) is 4.79 Å². The number of nitriles is 1. The van der Waals surface area contributed by atoms with Gasteiger partial charge in [-0.2, -0.15) is 9.98 Å². The van der Waals surface area contributed by atoms with Crippen molar-refractivity contribution >= 4 is 27.3 Å². The molecule has 6 nitrogen and oxygen atoms in total. The van der Waals surface area contributed by atoms with Crippen molar-refractivity contribution in [2.24, 2.45) is 5.92 Å². The first-order valence-electron chi connectivity index (χ1n) is 5.57. The Kier molecular flexibility index (Phi) is 5.05. The second-order valence-corrected chi connectivity index (χ2v) is 7.08. The molecule has 1 aromatic rings. The normalized spacial score (nSPS) is 14.6. The maximum absolute atomic E-state index is 12.0. The molecular weight excluding hydrogens is 288 g/mol. The lowest BCUT2D eigenvalue weighted by molar-refractivity contribution is -0.140. The van der Waals surface area contributed by atoms with E-state index in [1.165, 1.54) is 12.1 Å². The Morgan fingerprint density at radius 2 is 2.21 bits per heavy atom. The lowest BCUT2D eigenvalue weighted by atomic mass is 10.0. The first-order valence-corrected chi connectivity index (χ1v) is 7.86. The fourth-order valence-corrected chi connectivity index (χ4v) is 3.81. The van der Waals surface area contributed by atoms with Crippen molar-refractivity contribution < 1.29 is 18.3 Å². The molecule has 104 valence electrons. The second-order valence-electron chi connectivity index (χ2n) is 4.05. The van der Waals surface area contributed by atoms with Crippen LogP contribution in [0.1, 0.15) is 25.1 Å². The predicted molar refractivity (Wildman–Crippen MR) is 70.2 cm³/mol. The van der Waals surface area contributed by atoms with Crippen molar-refractivity contribution in [2.75, 3.05) is 0 Å². The van der Waals surface area contributed by atoms with E-state index in [9.17, 15) is 13.2 Å². The number of nitrogens with one attached hydrogen (secondary N) is 1. The third-order valence-electron chi connectivity index (χ3n) is 2.72. The highest BCUT2D eigenvalue weighted by Gasteiger charge is 2.30. The highest BCUT2D eigenvalue weighted by molar-refractivity contribution is 7.91. The summed E-state index contributed by atoms with van der Waals surface area (Å²) in [5.41, 5.74) is 0. The second kappa shape index (κ2) is 6.14. The first kappa shape index (κ1) is 15.6. The number of sulfonamides is 1. The van der Waals surface area contributed by atoms with Crippen molar-refractivity contribution in [2.45, 2.75) is 30.5 Å². The summed E-state index contributed by atoms with van der Waals surface area (Å²) in [5, 5.41) is 17.7. The van der Waals surface area contributed by atoms with Crippen LogP contribution in [0.25, 0.3) is 0 Å². The number of hydrogen-bond donors (Lipinski definition) is 2. The van der Waals surface area contributed by atoms with Gasteiger partial charge in [0.2, 0.25) is 0 Å². The molecule has 8 heteroatoms. The lowest BCUT2D eigenvalue weighted by Crippen LogP contribution is -2.44. The Balaban J connectivity index is 3.01. The molecule has 1 unspecified atom stereocenters. The molecule has 0 saturated carbocycles. The summed E-state index contributed by atoms with van der Waals surface area (Å²) in [5.74, 6) is -1.54. The molecule has 0 radical (unpaired) electrons. The van der Waals surface area contributed by atoms with Gasteiger partial charge in [-0.1, -0.05) is 20.3 Å². The third-order valence-corrected chi connectivity index (χ3v) is 5.64. The molecule has 2 atom stereocenters. The van der Waals surface area contributed by atoms with Crippen molar-refractivity contribution in [1.29, 1.82) is 5.26 Å². The number of rotatable bonds is 6. The number of carboxylic acids is 1. The largest absolute Gasteiger partial charge is 0.480 e. The van der Waals surface area contributed by atoms with Gasteiger partial charge in [-0.15, -0.1) is 11.3 Å². The van der Waals surface area contributed by atoms with Gasteiger partial charge >= 0.3 is 5.97 Å². The van der Waals surface area contributed by atoms with E-state index < -0.39 is 22.0 Å². The van der Waals surface area contributed by atoms with Crippen LogP contribution < -0.4 is 4.72 Å². The average Bonchev–Trinajstić information content (AvgIpc) is 2.84. The summed E-state index contributed by atoms with van der Waals surface area (Å²) in [7, 11) is -3.91. The van der Waals surface area contributed by atoms with Crippen LogP contribution in [0.15, 0.2) is 16.3 Å². The molecule has 0 aliphatic heterocycles. The van der Waals surface area contributed by atoms with Gasteiger partial charge in [0.1, 0.15) is 21.2 Å². The van der Waals surface area contributed by atoms with Crippen LogP contribution in [0.5, 0.6) is 0 Å². The minimum atomic E-state index is -3.91. The van der Waals surface area contributed by atoms with Gasteiger partial charge in [-0.25, -0.2) is 8.42 Å². The smallest absolute Gasteiger partial charge is 0.322 e. The number of thiophene rings is 1. The molecule has 0 saturated heterocycles. The van der Waals surface area contributed by atoms with Crippen molar-refractivity contribution in [1.82, 2.24) is 4.72 Å². The minimum Gasteiger partial charge on any atom is -0.480 e. The van der Waals surface area contributed by atoms with Gasteiger partial charge in [0.15, 0.2) is 0 Å². The molecule has 1 aromatic heterocycles. The first-order chi connectivity index (χ1) is 8.81. The molecule has 0 aliphatic carbocycles. The molecule has 0 fully saturated rings. The zero-order valence-electron chi connectivity index (χ0n) is 10.5. The Hall–Kier alpha value is -1.43. The van der Waals surface area contributed by atoms with Crippen molar-refractivity contribution in [3.05, 3.63) is 17.0 Å². The van der Waals surface area contributed by atoms with Crippen LogP contribution >= 0.6 is 11.3 Å². The quantitative estimate of drug-likeness (QED) is 0.826. The molecule has 1 rings (SSSR count). The van der Waals surface area contributed by atoms with E-state index >= 15 is 0 Å². The van der Waals surface area contributed by atoms with Gasteiger partial charge in [0.25, 0.3) is 10.0 Å². The van der Waals surface area contributed by atoms with Crippen LogP contribution in [0.4, 0.5) is 0 Å². The molecule has 0 spiro atoms. The number of carboxylic acid groups (broad SMARTS) is 1. The van der Waals surface area contributed by atoms with E-state index in [1.807, 2.05) is 6.07 Å². The number of aliphatic carboxylic acids is 1. The van der Waals surface area contributed by atoms with E-state index in [-0.39, 0.29) is 15.0 Å². The number of nitrogens with zero attached hydrogens (tertiary/aromatic N) is 1. The fraction of sp³-hybridized carbons (Fsp3) is 0.455. The Labute approximate surface area is 115 Å². The zero-order valence-corrected chi connectivity index (χ0v) is 12.1. The molecule has 0 aromatic carbocycles. The van der Waals surface area contributed by atoms with Crippen LogP contribution in [0.2, 0.25) is 0 Å². The molecule has 0 amide bonds. The van der Waals surface area contributed by atoms with Crippen molar-refractivity contribution in [3.8, 4) is 6.07 Å². The Bertz CT molecular complexity index is 600. The van der Waals surface area contributed by atoms with E-state index in [0.29, 0.717) is 6.42 Å². The summed E-state index contributed by atoms with van der Waals surface area (Å²) in [6.45, 7) is 3.45. The van der Waals surface area contributed by atoms with E-state index in [1.54, 1.807) is 13.8 Å². The fourth-order valence-electron chi connectivity index (χ4n) is 1.40. The summed E-state index contributed by atoms with van der Waals surface area (Å²) in [6.07, 6.45) is 0.535. The summed E-state index contributed by atoms with van der Waals surface area (Å²) in [6, 6.07) is 3.34. The summed E-state index contributed by atoms with van der Waals surface area (Å²) >= 11 is 0.808. The number of hydrogen-bond acceptors (Lipinski definition) is 5. The topological polar surface area (TPSA) is 107 Å². The lowest BCUT2D eigenvalue weighted by Gasteiger charge is -2.19. The molecular formula is C11H14N2O4S2. The molecule has 0 aliphatic rings. The summed E-state index contributed by atoms with van der Waals surface area (Å²) < 4.78 is 26.2. The Morgan fingerprint density at radius 1 is 1.58 bits per heavy atom. The van der Waals surface area contributed by atoms with Crippen LogP contribution in [0, 0.1) is 17.2 Å². The summed E-state index contributed by atoms with van der Waals surface area (Å²) in [4.78, 5) is 11.4. The predicted octanol–water partition coefficient (Wildman–Crippen LogP) is 1.40. The third kappa shape index (κ3) is 3.76. The van der Waals surface area contributed by atoms with Gasteiger partial charge in [0.05, 0.1) is 0 Å². The molecule has 0 bridgehead atoms. The molecule has 1 heterocycles. The average molecular weight is 302 g/mol. The van der Waals surface area contributed by atoms with Gasteiger partial charge in [0, 0.05) is 0 Å². The molecule has 19 heavy (non-hydrogen) atoms. The highest BCUT2D eigenvalue weighted by atomic mass is 32.2. The van der Waals surface area contributed by atoms with Crippen molar-refractivity contribution in [3.63, 3.8) is 0 Å². The zero-order chi connectivity index (χ0) is 14.6. The van der Waals surface area contributed by atoms with Crippen LogP contribution in [0.3, 0.4) is 0 Å².